The van der Waals surface area contributed by atoms with Crippen LogP contribution in [-0.2, 0) is 11.2 Å². The highest BCUT2D eigenvalue weighted by atomic mass is 16.1. The number of hydrogen-bond donors (Lipinski definition) is 1. The fourth-order valence-electron chi connectivity index (χ4n) is 2.02. The zero-order chi connectivity index (χ0) is 14.4. The topological polar surface area (TPSA) is 42.0 Å². The number of aryl methyl sites for hydroxylation is 3. The molecule has 0 bridgehead atoms. The number of amides is 1. The normalized spacial score (nSPS) is 10.3. The molecule has 0 aliphatic carbocycles. The molecule has 0 unspecified atom stereocenters. The van der Waals surface area contributed by atoms with Gasteiger partial charge in [0, 0.05) is 12.6 Å². The van der Waals surface area contributed by atoms with Gasteiger partial charge in [0.1, 0.15) is 5.82 Å². The summed E-state index contributed by atoms with van der Waals surface area (Å²) < 4.78 is 0. The molecule has 1 heterocycles. The number of nitrogens with zero attached hydrogens (tertiary/aromatic N) is 1. The van der Waals surface area contributed by atoms with E-state index in [4.69, 9.17) is 0 Å². The molecule has 104 valence electrons. The molecule has 1 N–H and O–H groups in total. The van der Waals surface area contributed by atoms with E-state index in [2.05, 4.69) is 41.5 Å². The molecule has 0 aliphatic rings. The molecule has 0 spiro atoms. The van der Waals surface area contributed by atoms with Crippen LogP contribution < -0.4 is 5.32 Å². The summed E-state index contributed by atoms with van der Waals surface area (Å²) in [6, 6.07) is 12.3. The van der Waals surface area contributed by atoms with Gasteiger partial charge in [-0.05, 0) is 43.9 Å². The van der Waals surface area contributed by atoms with Gasteiger partial charge in [0.05, 0.1) is 0 Å². The molecule has 2 rings (SSSR count). The first-order valence-corrected chi connectivity index (χ1v) is 6.92. The maximum Gasteiger partial charge on any atom is 0.225 e. The molecule has 0 saturated heterocycles. The molecule has 1 aromatic heterocycles. The lowest BCUT2D eigenvalue weighted by Crippen LogP contribution is -2.13. The van der Waals surface area contributed by atoms with Gasteiger partial charge >= 0.3 is 0 Å². The van der Waals surface area contributed by atoms with Crippen molar-refractivity contribution in [1.82, 2.24) is 4.98 Å². The van der Waals surface area contributed by atoms with Crippen LogP contribution in [0.15, 0.2) is 42.6 Å². The number of benzene rings is 1. The largest absolute Gasteiger partial charge is 0.310 e. The fraction of sp³-hybridized carbons (Fsp3) is 0.294. The maximum atomic E-state index is 11.9. The predicted molar refractivity (Wildman–Crippen MR) is 81.7 cm³/mol. The van der Waals surface area contributed by atoms with Gasteiger partial charge in [-0.3, -0.25) is 4.79 Å². The van der Waals surface area contributed by atoms with Crippen LogP contribution in [-0.4, -0.2) is 10.9 Å². The smallest absolute Gasteiger partial charge is 0.225 e. The van der Waals surface area contributed by atoms with Crippen LogP contribution in [0.4, 0.5) is 5.82 Å². The van der Waals surface area contributed by atoms with E-state index in [0.717, 1.165) is 18.4 Å². The third-order valence-corrected chi connectivity index (χ3v) is 3.26. The van der Waals surface area contributed by atoms with Crippen LogP contribution in [0.25, 0.3) is 0 Å². The van der Waals surface area contributed by atoms with Crippen LogP contribution >= 0.6 is 0 Å². The highest BCUT2D eigenvalue weighted by Gasteiger charge is 2.05. The van der Waals surface area contributed by atoms with Crippen LogP contribution in [0.2, 0.25) is 0 Å². The molecule has 1 aromatic carbocycles. The summed E-state index contributed by atoms with van der Waals surface area (Å²) >= 11 is 0. The summed E-state index contributed by atoms with van der Waals surface area (Å²) in [5, 5.41) is 2.86. The number of anilines is 1. The second kappa shape index (κ2) is 6.85. The number of nitrogens with one attached hydrogen (secondary N) is 1. The lowest BCUT2D eigenvalue weighted by Gasteiger charge is -2.07. The summed E-state index contributed by atoms with van der Waals surface area (Å²) in [5.41, 5.74) is 3.52. The summed E-state index contributed by atoms with van der Waals surface area (Å²) in [6.45, 7) is 4.02. The zero-order valence-electron chi connectivity index (χ0n) is 12.0. The minimum Gasteiger partial charge on any atom is -0.310 e. The molecule has 0 aliphatic heterocycles. The number of hydrogen-bond acceptors (Lipinski definition) is 2. The Morgan fingerprint density at radius 1 is 1.15 bits per heavy atom. The Morgan fingerprint density at radius 2 is 1.90 bits per heavy atom. The van der Waals surface area contributed by atoms with E-state index in [1.165, 1.54) is 11.1 Å². The van der Waals surface area contributed by atoms with Gasteiger partial charge in [-0.1, -0.05) is 35.9 Å². The van der Waals surface area contributed by atoms with Crippen LogP contribution in [0.3, 0.4) is 0 Å². The summed E-state index contributed by atoms with van der Waals surface area (Å²) in [5.74, 6) is 0.687. The molecule has 20 heavy (non-hydrogen) atoms. The molecule has 0 atom stereocenters. The average Bonchev–Trinajstić information content (AvgIpc) is 2.44. The Hall–Kier alpha value is -2.16. The fourth-order valence-corrected chi connectivity index (χ4v) is 2.02. The Labute approximate surface area is 120 Å². The predicted octanol–water partition coefficient (Wildman–Crippen LogP) is 3.66. The van der Waals surface area contributed by atoms with Crippen molar-refractivity contribution in [3.05, 3.63) is 59.3 Å². The van der Waals surface area contributed by atoms with E-state index in [1.807, 2.05) is 19.1 Å². The van der Waals surface area contributed by atoms with Gasteiger partial charge in [0.15, 0.2) is 0 Å². The van der Waals surface area contributed by atoms with Crippen molar-refractivity contribution in [2.24, 2.45) is 0 Å². The van der Waals surface area contributed by atoms with Gasteiger partial charge in [-0.2, -0.15) is 0 Å². The molecular formula is C17H20N2O. The SMILES string of the molecule is Cc1ccc(CCCC(=O)Nc2ncccc2C)cc1. The standard InChI is InChI=1S/C17H20N2O/c1-13-8-10-15(11-9-13)6-3-7-16(20)19-17-14(2)5-4-12-18-17/h4-5,8-12H,3,6-7H2,1-2H3,(H,18,19,20). The van der Waals surface area contributed by atoms with Crippen molar-refractivity contribution >= 4 is 11.7 Å². The average molecular weight is 268 g/mol. The van der Waals surface area contributed by atoms with E-state index in [0.29, 0.717) is 12.2 Å². The molecule has 3 nitrogen and oxygen atoms in total. The first kappa shape index (κ1) is 14.3. The third-order valence-electron chi connectivity index (χ3n) is 3.26. The Balaban J connectivity index is 1.78. The van der Waals surface area contributed by atoms with E-state index in [9.17, 15) is 4.79 Å². The van der Waals surface area contributed by atoms with Gasteiger partial charge in [-0.25, -0.2) is 4.98 Å². The summed E-state index contributed by atoms with van der Waals surface area (Å²) in [6.07, 6.45) is 3.98. The number of rotatable bonds is 5. The van der Waals surface area contributed by atoms with Crippen LogP contribution in [0.5, 0.6) is 0 Å². The molecule has 0 fully saturated rings. The first-order valence-electron chi connectivity index (χ1n) is 6.92. The van der Waals surface area contributed by atoms with Crippen molar-refractivity contribution in [1.29, 1.82) is 0 Å². The van der Waals surface area contributed by atoms with E-state index in [1.54, 1.807) is 6.20 Å². The highest BCUT2D eigenvalue weighted by Crippen LogP contribution is 2.11. The van der Waals surface area contributed by atoms with Crippen molar-refractivity contribution in [3.63, 3.8) is 0 Å². The molecule has 0 radical (unpaired) electrons. The van der Waals surface area contributed by atoms with E-state index >= 15 is 0 Å². The quantitative estimate of drug-likeness (QED) is 0.899. The lowest BCUT2D eigenvalue weighted by atomic mass is 10.1. The monoisotopic (exact) mass is 268 g/mol. The molecule has 1 amide bonds. The number of pyridine rings is 1. The summed E-state index contributed by atoms with van der Waals surface area (Å²) in [4.78, 5) is 16.0. The van der Waals surface area contributed by atoms with Gasteiger partial charge in [0.2, 0.25) is 5.91 Å². The second-order valence-electron chi connectivity index (χ2n) is 5.06. The molecule has 2 aromatic rings. The second-order valence-corrected chi connectivity index (χ2v) is 5.06. The Bertz CT molecular complexity index is 576. The van der Waals surface area contributed by atoms with Crippen LogP contribution in [0.1, 0.15) is 29.5 Å². The molecule has 0 saturated carbocycles. The zero-order valence-corrected chi connectivity index (χ0v) is 12.0. The van der Waals surface area contributed by atoms with Crippen molar-refractivity contribution < 1.29 is 4.79 Å². The van der Waals surface area contributed by atoms with Crippen molar-refractivity contribution in [3.8, 4) is 0 Å². The maximum absolute atomic E-state index is 11.9. The third kappa shape index (κ3) is 4.19. The van der Waals surface area contributed by atoms with Crippen molar-refractivity contribution in [2.45, 2.75) is 33.1 Å². The van der Waals surface area contributed by atoms with E-state index in [-0.39, 0.29) is 5.91 Å². The molecular weight excluding hydrogens is 248 g/mol. The first-order chi connectivity index (χ1) is 9.65. The Kier molecular flexibility index (Phi) is 4.88. The van der Waals surface area contributed by atoms with Gasteiger partial charge < -0.3 is 5.32 Å². The number of carbonyl (C=O) groups is 1. The minimum atomic E-state index is 0.0268. The van der Waals surface area contributed by atoms with E-state index < -0.39 is 0 Å². The van der Waals surface area contributed by atoms with Gasteiger partial charge in [0.25, 0.3) is 0 Å². The minimum absolute atomic E-state index is 0.0268. The number of aromatic nitrogens is 1. The number of carbonyl (C=O) groups excluding carboxylic acids is 1. The Morgan fingerprint density at radius 3 is 2.60 bits per heavy atom. The van der Waals surface area contributed by atoms with Gasteiger partial charge in [-0.15, -0.1) is 0 Å². The lowest BCUT2D eigenvalue weighted by molar-refractivity contribution is -0.116. The highest BCUT2D eigenvalue weighted by molar-refractivity contribution is 5.90. The summed E-state index contributed by atoms with van der Waals surface area (Å²) in [7, 11) is 0. The molecule has 3 heteroatoms. The van der Waals surface area contributed by atoms with Crippen molar-refractivity contribution in [2.75, 3.05) is 5.32 Å². The van der Waals surface area contributed by atoms with Crippen LogP contribution in [0, 0.1) is 13.8 Å².